The highest BCUT2D eigenvalue weighted by atomic mass is 19.4. The highest BCUT2D eigenvalue weighted by Crippen LogP contribution is 2.30. The molecule has 1 heterocycles. The number of hydrogen-bond donors (Lipinski definition) is 2. The van der Waals surface area contributed by atoms with E-state index >= 15 is 0 Å². The Kier molecular flexibility index (Phi) is 5.03. The first kappa shape index (κ1) is 18.7. The van der Waals surface area contributed by atoms with Crippen molar-refractivity contribution in [1.29, 1.82) is 0 Å². The number of nitrogens with one attached hydrogen (secondary N) is 2. The van der Waals surface area contributed by atoms with Gasteiger partial charge in [0.25, 0.3) is 11.5 Å². The summed E-state index contributed by atoms with van der Waals surface area (Å²) in [6.07, 6.45) is -4.42. The molecule has 4 nitrogen and oxygen atoms in total. The second kappa shape index (κ2) is 7.26. The van der Waals surface area contributed by atoms with E-state index in [-0.39, 0.29) is 11.1 Å². The largest absolute Gasteiger partial charge is 0.391 e. The number of aromatic nitrogens is 1. The molecule has 0 aliphatic carbocycles. The molecule has 1 aromatic heterocycles. The first-order chi connectivity index (χ1) is 12.7. The van der Waals surface area contributed by atoms with Crippen LogP contribution in [0, 0.1) is 6.92 Å². The lowest BCUT2D eigenvalue weighted by molar-refractivity contribution is -0.139. The lowest BCUT2D eigenvalue weighted by Crippen LogP contribution is -2.32. The summed E-state index contributed by atoms with van der Waals surface area (Å²) in [4.78, 5) is 27.0. The van der Waals surface area contributed by atoms with Gasteiger partial charge in [0.05, 0.1) is 18.0 Å². The number of hydrogen-bond acceptors (Lipinski definition) is 2. The van der Waals surface area contributed by atoms with Crippen molar-refractivity contribution in [3.63, 3.8) is 0 Å². The third-order valence-corrected chi connectivity index (χ3v) is 4.27. The van der Waals surface area contributed by atoms with Gasteiger partial charge in [-0.2, -0.15) is 13.2 Å². The summed E-state index contributed by atoms with van der Waals surface area (Å²) in [6, 6.07) is 11.7. The van der Waals surface area contributed by atoms with Gasteiger partial charge in [0.1, 0.15) is 0 Å². The van der Waals surface area contributed by atoms with E-state index in [1.54, 1.807) is 48.5 Å². The van der Waals surface area contributed by atoms with Crippen molar-refractivity contribution in [3.05, 3.63) is 81.8 Å². The Morgan fingerprint density at radius 1 is 1.07 bits per heavy atom. The Morgan fingerprint density at radius 2 is 1.70 bits per heavy atom. The molecule has 27 heavy (non-hydrogen) atoms. The highest BCUT2D eigenvalue weighted by Gasteiger charge is 2.33. The third-order valence-electron chi connectivity index (χ3n) is 4.27. The predicted octanol–water partition coefficient (Wildman–Crippen LogP) is 4.26. The van der Waals surface area contributed by atoms with Gasteiger partial charge >= 0.3 is 6.18 Å². The summed E-state index contributed by atoms with van der Waals surface area (Å²) in [5, 5.41) is 3.14. The number of carbonyl (C=O) groups is 1. The molecule has 140 valence electrons. The first-order valence-electron chi connectivity index (χ1n) is 8.29. The predicted molar refractivity (Wildman–Crippen MR) is 96.6 cm³/mol. The van der Waals surface area contributed by atoms with E-state index in [1.807, 2.05) is 6.92 Å². The van der Waals surface area contributed by atoms with Crippen LogP contribution in [-0.4, -0.2) is 17.1 Å². The molecule has 0 unspecified atom stereocenters. The van der Waals surface area contributed by atoms with Gasteiger partial charge in [-0.15, -0.1) is 0 Å². The number of alkyl halides is 3. The molecule has 2 N–H and O–H groups in total. The van der Waals surface area contributed by atoms with Crippen LogP contribution >= 0.6 is 0 Å². The van der Waals surface area contributed by atoms with Crippen molar-refractivity contribution in [2.24, 2.45) is 0 Å². The molecule has 1 amide bonds. The van der Waals surface area contributed by atoms with Crippen molar-refractivity contribution in [1.82, 2.24) is 10.3 Å². The van der Waals surface area contributed by atoms with Gasteiger partial charge < -0.3 is 10.3 Å². The average Bonchev–Trinajstić information content (AvgIpc) is 2.61. The maximum absolute atomic E-state index is 13.0. The molecule has 0 fully saturated rings. The Labute approximate surface area is 153 Å². The zero-order valence-electron chi connectivity index (χ0n) is 14.4. The molecule has 3 rings (SSSR count). The van der Waals surface area contributed by atoms with Gasteiger partial charge in [-0.1, -0.05) is 48.0 Å². The molecule has 0 saturated heterocycles. The van der Waals surface area contributed by atoms with Crippen LogP contribution in [0.3, 0.4) is 0 Å². The smallest absolute Gasteiger partial charge is 0.345 e. The quantitative estimate of drug-likeness (QED) is 0.717. The minimum absolute atomic E-state index is 0.115. The molecule has 3 aromatic rings. The van der Waals surface area contributed by atoms with E-state index in [2.05, 4.69) is 10.3 Å². The molecular formula is C20H17F3N2O2. The van der Waals surface area contributed by atoms with Crippen LogP contribution in [0.15, 0.2) is 59.5 Å². The summed E-state index contributed by atoms with van der Waals surface area (Å²) >= 11 is 0. The van der Waals surface area contributed by atoms with E-state index in [0.29, 0.717) is 16.3 Å². The van der Waals surface area contributed by atoms with Gasteiger partial charge in [0, 0.05) is 17.0 Å². The maximum Gasteiger partial charge on any atom is 0.391 e. The number of rotatable bonds is 4. The summed E-state index contributed by atoms with van der Waals surface area (Å²) in [5.74, 6) is -0.683. The van der Waals surface area contributed by atoms with Crippen LogP contribution in [-0.2, 0) is 0 Å². The molecule has 0 aliphatic heterocycles. The Morgan fingerprint density at radius 3 is 2.33 bits per heavy atom. The second-order valence-corrected chi connectivity index (χ2v) is 6.33. The average molecular weight is 374 g/mol. The number of carbonyl (C=O) groups excluding carboxylic acids is 1. The Hall–Kier alpha value is -3.09. The molecule has 0 bridgehead atoms. The SMILES string of the molecule is Cc1ccc([C@@H](CC(F)(F)F)NC(=O)c2c[nH]c(=O)c3ccccc23)cc1. The van der Waals surface area contributed by atoms with Gasteiger partial charge in [-0.25, -0.2) is 0 Å². The summed E-state index contributed by atoms with van der Waals surface area (Å²) in [5.41, 5.74) is 1.01. The molecule has 2 aromatic carbocycles. The van der Waals surface area contributed by atoms with Gasteiger partial charge in [0.2, 0.25) is 0 Å². The number of aryl methyl sites for hydroxylation is 1. The molecule has 0 saturated carbocycles. The number of amides is 1. The van der Waals surface area contributed by atoms with Crippen LogP contribution in [0.1, 0.15) is 33.9 Å². The minimum atomic E-state index is -4.45. The maximum atomic E-state index is 13.0. The fraction of sp³-hybridized carbons (Fsp3) is 0.200. The van der Waals surface area contributed by atoms with Crippen LogP contribution in [0.5, 0.6) is 0 Å². The van der Waals surface area contributed by atoms with E-state index in [4.69, 9.17) is 0 Å². The molecule has 7 heteroatoms. The monoisotopic (exact) mass is 374 g/mol. The molecule has 1 atom stereocenters. The number of halogens is 3. The zero-order chi connectivity index (χ0) is 19.6. The second-order valence-electron chi connectivity index (χ2n) is 6.33. The Balaban J connectivity index is 1.96. The summed E-state index contributed by atoms with van der Waals surface area (Å²) < 4.78 is 39.1. The lowest BCUT2D eigenvalue weighted by atomic mass is 10.0. The van der Waals surface area contributed by atoms with Crippen molar-refractivity contribution >= 4 is 16.7 Å². The van der Waals surface area contributed by atoms with Crippen LogP contribution in [0.2, 0.25) is 0 Å². The van der Waals surface area contributed by atoms with Crippen molar-refractivity contribution in [2.45, 2.75) is 25.6 Å². The highest BCUT2D eigenvalue weighted by molar-refractivity contribution is 6.06. The molecule has 0 radical (unpaired) electrons. The first-order valence-corrected chi connectivity index (χ1v) is 8.29. The van der Waals surface area contributed by atoms with Crippen molar-refractivity contribution in [2.75, 3.05) is 0 Å². The standard InChI is InChI=1S/C20H17F3N2O2/c1-12-6-8-13(9-7-12)17(10-20(21,22)23)25-19(27)16-11-24-18(26)15-5-3-2-4-14(15)16/h2-9,11,17H,10H2,1H3,(H,24,26)(H,25,27)/t17-/m1/s1. The number of H-pyrrole nitrogens is 1. The van der Waals surface area contributed by atoms with Crippen molar-refractivity contribution < 1.29 is 18.0 Å². The topological polar surface area (TPSA) is 62.0 Å². The van der Waals surface area contributed by atoms with E-state index in [0.717, 1.165) is 5.56 Å². The Bertz CT molecular complexity index is 1020. The van der Waals surface area contributed by atoms with Gasteiger partial charge in [-0.3, -0.25) is 9.59 Å². The van der Waals surface area contributed by atoms with Crippen molar-refractivity contribution in [3.8, 4) is 0 Å². The number of aromatic amines is 1. The van der Waals surface area contributed by atoms with E-state index < -0.39 is 24.5 Å². The van der Waals surface area contributed by atoms with E-state index in [9.17, 15) is 22.8 Å². The van der Waals surface area contributed by atoms with Gasteiger partial charge in [0.15, 0.2) is 0 Å². The number of pyridine rings is 1. The molecular weight excluding hydrogens is 357 g/mol. The molecule has 0 spiro atoms. The summed E-state index contributed by atoms with van der Waals surface area (Å²) in [6.45, 7) is 1.83. The zero-order valence-corrected chi connectivity index (χ0v) is 14.4. The minimum Gasteiger partial charge on any atom is -0.345 e. The fourth-order valence-electron chi connectivity index (χ4n) is 2.92. The number of benzene rings is 2. The molecule has 0 aliphatic rings. The van der Waals surface area contributed by atoms with E-state index in [1.165, 1.54) is 6.20 Å². The summed E-state index contributed by atoms with van der Waals surface area (Å²) in [7, 11) is 0. The number of fused-ring (bicyclic) bond motifs is 1. The fourth-order valence-corrected chi connectivity index (χ4v) is 2.92. The van der Waals surface area contributed by atoms with Crippen LogP contribution in [0.25, 0.3) is 10.8 Å². The van der Waals surface area contributed by atoms with Crippen LogP contribution < -0.4 is 10.9 Å². The van der Waals surface area contributed by atoms with Crippen LogP contribution in [0.4, 0.5) is 13.2 Å². The third kappa shape index (κ3) is 4.36. The normalized spacial score (nSPS) is 12.7. The lowest BCUT2D eigenvalue weighted by Gasteiger charge is -2.21. The van der Waals surface area contributed by atoms with Gasteiger partial charge in [-0.05, 0) is 18.6 Å².